The lowest BCUT2D eigenvalue weighted by Gasteiger charge is -2.46. The first-order chi connectivity index (χ1) is 7.71. The minimum atomic E-state index is -0.687. The van der Waals surface area contributed by atoms with Crippen molar-refractivity contribution in [3.63, 3.8) is 0 Å². The molecule has 0 spiro atoms. The molecule has 0 unspecified atom stereocenters. The van der Waals surface area contributed by atoms with Gasteiger partial charge in [0.25, 0.3) is 0 Å². The smallest absolute Gasteiger partial charge is 0.310 e. The predicted octanol–water partition coefficient (Wildman–Crippen LogP) is 1.21. The second-order valence-corrected chi connectivity index (χ2v) is 4.70. The third-order valence-electron chi connectivity index (χ3n) is 4.01. The molecular formula is C12H13NO3. The van der Waals surface area contributed by atoms with Crippen molar-refractivity contribution in [3.05, 3.63) is 30.1 Å². The first-order valence-corrected chi connectivity index (χ1v) is 5.43. The van der Waals surface area contributed by atoms with Gasteiger partial charge in [0.05, 0.1) is 24.0 Å². The largest absolute Gasteiger partial charge is 0.481 e. The SMILES string of the molecule is O=C(O)C1(C2(c3ccncc3)COC2)CC1. The van der Waals surface area contributed by atoms with Crippen LogP contribution in [-0.2, 0) is 14.9 Å². The molecule has 3 rings (SSSR count). The average molecular weight is 219 g/mol. The second kappa shape index (κ2) is 3.04. The standard InChI is InChI=1S/C12H13NO3/c14-10(15)11(3-4-11)12(7-16-8-12)9-1-5-13-6-2-9/h1-2,5-6H,3-4,7-8H2,(H,14,15). The Labute approximate surface area is 93.3 Å². The second-order valence-electron chi connectivity index (χ2n) is 4.70. The summed E-state index contributed by atoms with van der Waals surface area (Å²) in [6.07, 6.45) is 4.95. The summed E-state index contributed by atoms with van der Waals surface area (Å²) in [6, 6.07) is 3.82. The van der Waals surface area contributed by atoms with Gasteiger partial charge in [0.1, 0.15) is 0 Å². The normalized spacial score (nSPS) is 24.5. The molecule has 0 bridgehead atoms. The van der Waals surface area contributed by atoms with E-state index in [9.17, 15) is 9.90 Å². The van der Waals surface area contributed by atoms with Crippen LogP contribution in [0.25, 0.3) is 0 Å². The van der Waals surface area contributed by atoms with Gasteiger partial charge >= 0.3 is 5.97 Å². The Hall–Kier alpha value is -1.42. The molecule has 4 nitrogen and oxygen atoms in total. The molecule has 84 valence electrons. The number of aliphatic carboxylic acids is 1. The monoisotopic (exact) mass is 219 g/mol. The molecule has 4 heteroatoms. The molecule has 1 saturated carbocycles. The zero-order chi connectivity index (χ0) is 11.2. The van der Waals surface area contributed by atoms with Crippen molar-refractivity contribution in [2.45, 2.75) is 18.3 Å². The highest BCUT2D eigenvalue weighted by Crippen LogP contribution is 2.62. The van der Waals surface area contributed by atoms with E-state index in [4.69, 9.17) is 4.74 Å². The van der Waals surface area contributed by atoms with E-state index in [1.165, 1.54) is 0 Å². The van der Waals surface area contributed by atoms with Crippen molar-refractivity contribution in [1.82, 2.24) is 4.98 Å². The minimum Gasteiger partial charge on any atom is -0.481 e. The fraction of sp³-hybridized carbons (Fsp3) is 0.500. The Morgan fingerprint density at radius 1 is 1.31 bits per heavy atom. The number of pyridine rings is 1. The lowest BCUT2D eigenvalue weighted by atomic mass is 9.66. The first kappa shape index (κ1) is 9.78. The summed E-state index contributed by atoms with van der Waals surface area (Å²) >= 11 is 0. The number of carboxylic acids is 1. The maximum Gasteiger partial charge on any atom is 0.310 e. The number of aromatic nitrogens is 1. The molecule has 0 atom stereocenters. The summed E-state index contributed by atoms with van der Waals surface area (Å²) in [5, 5.41) is 9.39. The van der Waals surface area contributed by atoms with E-state index in [1.54, 1.807) is 12.4 Å². The van der Waals surface area contributed by atoms with Crippen LogP contribution in [0, 0.1) is 5.41 Å². The van der Waals surface area contributed by atoms with Crippen LogP contribution in [0.1, 0.15) is 18.4 Å². The lowest BCUT2D eigenvalue weighted by molar-refractivity contribution is -0.161. The van der Waals surface area contributed by atoms with Crippen molar-refractivity contribution in [2.75, 3.05) is 13.2 Å². The van der Waals surface area contributed by atoms with Crippen molar-refractivity contribution < 1.29 is 14.6 Å². The molecule has 1 aliphatic carbocycles. The molecule has 1 saturated heterocycles. The van der Waals surface area contributed by atoms with Crippen molar-refractivity contribution in [3.8, 4) is 0 Å². The Morgan fingerprint density at radius 2 is 1.94 bits per heavy atom. The van der Waals surface area contributed by atoms with Crippen LogP contribution < -0.4 is 0 Å². The molecule has 2 heterocycles. The van der Waals surface area contributed by atoms with Crippen LogP contribution in [0.5, 0.6) is 0 Å². The average Bonchev–Trinajstić information content (AvgIpc) is 2.99. The van der Waals surface area contributed by atoms with Gasteiger partial charge in [0.2, 0.25) is 0 Å². The highest BCUT2D eigenvalue weighted by molar-refractivity contribution is 5.81. The fourth-order valence-corrected chi connectivity index (χ4v) is 2.72. The van der Waals surface area contributed by atoms with E-state index in [1.807, 2.05) is 12.1 Å². The highest BCUT2D eigenvalue weighted by Gasteiger charge is 2.68. The third-order valence-corrected chi connectivity index (χ3v) is 4.01. The molecule has 2 fully saturated rings. The number of carboxylic acid groups (broad SMARTS) is 1. The highest BCUT2D eigenvalue weighted by atomic mass is 16.5. The van der Waals surface area contributed by atoms with Crippen molar-refractivity contribution in [2.24, 2.45) is 5.41 Å². The van der Waals surface area contributed by atoms with Crippen LogP contribution in [0.2, 0.25) is 0 Å². The molecule has 0 aromatic carbocycles. The Kier molecular flexibility index (Phi) is 1.86. The van der Waals surface area contributed by atoms with E-state index in [0.29, 0.717) is 13.2 Å². The van der Waals surface area contributed by atoms with E-state index in [2.05, 4.69) is 4.98 Å². The molecule has 0 amide bonds. The fourth-order valence-electron chi connectivity index (χ4n) is 2.72. The Morgan fingerprint density at radius 3 is 2.31 bits per heavy atom. The van der Waals surface area contributed by atoms with Gasteiger partial charge in [-0.05, 0) is 30.5 Å². The summed E-state index contributed by atoms with van der Waals surface area (Å²) in [4.78, 5) is 15.4. The van der Waals surface area contributed by atoms with Gasteiger partial charge < -0.3 is 9.84 Å². The van der Waals surface area contributed by atoms with Gasteiger partial charge in [0.15, 0.2) is 0 Å². The topological polar surface area (TPSA) is 59.4 Å². The lowest BCUT2D eigenvalue weighted by Crippen LogP contribution is -2.56. The molecule has 2 aliphatic rings. The summed E-state index contributed by atoms with van der Waals surface area (Å²) in [6.45, 7) is 1.03. The first-order valence-electron chi connectivity index (χ1n) is 5.43. The summed E-state index contributed by atoms with van der Waals surface area (Å²) in [7, 11) is 0. The minimum absolute atomic E-state index is 0.318. The summed E-state index contributed by atoms with van der Waals surface area (Å²) in [5.41, 5.74) is 0.141. The number of nitrogens with zero attached hydrogens (tertiary/aromatic N) is 1. The van der Waals surface area contributed by atoms with Gasteiger partial charge in [-0.1, -0.05) is 0 Å². The number of hydrogen-bond acceptors (Lipinski definition) is 3. The van der Waals surface area contributed by atoms with Crippen LogP contribution in [0.15, 0.2) is 24.5 Å². The van der Waals surface area contributed by atoms with E-state index in [-0.39, 0.29) is 5.41 Å². The predicted molar refractivity (Wildman–Crippen MR) is 56.0 cm³/mol. The van der Waals surface area contributed by atoms with E-state index >= 15 is 0 Å². The number of rotatable bonds is 3. The quantitative estimate of drug-likeness (QED) is 0.830. The van der Waals surface area contributed by atoms with Gasteiger partial charge in [-0.15, -0.1) is 0 Å². The van der Waals surface area contributed by atoms with Gasteiger partial charge in [-0.25, -0.2) is 0 Å². The third kappa shape index (κ3) is 1.02. The molecule has 0 radical (unpaired) electrons. The van der Waals surface area contributed by atoms with Gasteiger partial charge in [0, 0.05) is 12.4 Å². The van der Waals surface area contributed by atoms with Gasteiger partial charge in [-0.2, -0.15) is 0 Å². The summed E-state index contributed by atoms with van der Waals surface area (Å²) < 4.78 is 5.29. The number of ether oxygens (including phenoxy) is 1. The van der Waals surface area contributed by atoms with Crippen LogP contribution in [-0.4, -0.2) is 29.3 Å². The maximum absolute atomic E-state index is 11.4. The molecule has 1 N–H and O–H groups in total. The molecule has 1 aliphatic heterocycles. The van der Waals surface area contributed by atoms with Crippen LogP contribution >= 0.6 is 0 Å². The zero-order valence-electron chi connectivity index (χ0n) is 8.85. The molecular weight excluding hydrogens is 206 g/mol. The Balaban J connectivity index is 2.05. The van der Waals surface area contributed by atoms with Crippen molar-refractivity contribution in [1.29, 1.82) is 0 Å². The number of carbonyl (C=O) groups is 1. The maximum atomic E-state index is 11.4. The van der Waals surface area contributed by atoms with Crippen LogP contribution in [0.3, 0.4) is 0 Å². The molecule has 1 aromatic heterocycles. The molecule has 1 aromatic rings. The molecule has 16 heavy (non-hydrogen) atoms. The Bertz CT molecular complexity index is 421. The van der Waals surface area contributed by atoms with E-state index in [0.717, 1.165) is 18.4 Å². The van der Waals surface area contributed by atoms with E-state index < -0.39 is 11.4 Å². The van der Waals surface area contributed by atoms with Gasteiger partial charge in [-0.3, -0.25) is 9.78 Å². The zero-order valence-corrected chi connectivity index (χ0v) is 8.85. The van der Waals surface area contributed by atoms with Crippen molar-refractivity contribution >= 4 is 5.97 Å². The van der Waals surface area contributed by atoms with Crippen LogP contribution in [0.4, 0.5) is 0 Å². The summed E-state index contributed by atoms with van der Waals surface area (Å²) in [5.74, 6) is -0.687. The number of hydrogen-bond donors (Lipinski definition) is 1.